The molecule has 1 amide bonds. The smallest absolute Gasteiger partial charge is 0.243 e. The van der Waals surface area contributed by atoms with E-state index in [2.05, 4.69) is 10.3 Å². The van der Waals surface area contributed by atoms with E-state index in [9.17, 15) is 13.2 Å². The Morgan fingerprint density at radius 2 is 1.97 bits per heavy atom. The zero-order valence-corrected chi connectivity index (χ0v) is 20.6. The predicted octanol–water partition coefficient (Wildman–Crippen LogP) is 4.82. The molecule has 1 saturated heterocycles. The van der Waals surface area contributed by atoms with Crippen LogP contribution in [0.5, 0.6) is 5.75 Å². The van der Waals surface area contributed by atoms with Crippen molar-refractivity contribution in [3.05, 3.63) is 57.9 Å². The van der Waals surface area contributed by atoms with Gasteiger partial charge in [0.25, 0.3) is 0 Å². The number of carbonyl (C=O) groups is 1. The van der Waals surface area contributed by atoms with Crippen LogP contribution in [0.3, 0.4) is 0 Å². The minimum Gasteiger partial charge on any atom is -0.495 e. The average Bonchev–Trinajstić information content (AvgIpc) is 3.25. The molecule has 0 atom stereocenters. The Balaban J connectivity index is 1.39. The van der Waals surface area contributed by atoms with Crippen molar-refractivity contribution in [2.75, 3.05) is 25.5 Å². The zero-order valence-electron chi connectivity index (χ0n) is 18.2. The van der Waals surface area contributed by atoms with E-state index in [0.29, 0.717) is 24.3 Å². The van der Waals surface area contributed by atoms with Crippen LogP contribution in [0, 0.1) is 12.8 Å². The molecule has 0 aliphatic carbocycles. The lowest BCUT2D eigenvalue weighted by Crippen LogP contribution is -2.41. The van der Waals surface area contributed by atoms with Crippen LogP contribution in [0.2, 0.25) is 5.02 Å². The highest BCUT2D eigenvalue weighted by Gasteiger charge is 2.32. The third-order valence-corrected chi connectivity index (χ3v) is 8.59. The van der Waals surface area contributed by atoms with Crippen molar-refractivity contribution in [3.8, 4) is 17.0 Å². The van der Waals surface area contributed by atoms with Gasteiger partial charge in [0.2, 0.25) is 15.9 Å². The van der Waals surface area contributed by atoms with E-state index in [-0.39, 0.29) is 34.8 Å². The van der Waals surface area contributed by atoms with Crippen molar-refractivity contribution in [2.24, 2.45) is 5.92 Å². The molecule has 0 radical (unpaired) electrons. The molecule has 0 unspecified atom stereocenters. The molecule has 10 heteroatoms. The van der Waals surface area contributed by atoms with Gasteiger partial charge in [0.05, 0.1) is 27.7 Å². The number of piperidine rings is 1. The highest BCUT2D eigenvalue weighted by atomic mass is 35.5. The van der Waals surface area contributed by atoms with Crippen LogP contribution >= 0.6 is 22.9 Å². The summed E-state index contributed by atoms with van der Waals surface area (Å²) in [6.07, 6.45) is 0.889. The number of nitrogens with zero attached hydrogens (tertiary/aromatic N) is 2. The van der Waals surface area contributed by atoms with Gasteiger partial charge < -0.3 is 10.1 Å². The minimum atomic E-state index is -3.70. The number of benzene rings is 2. The maximum absolute atomic E-state index is 13.0. The Morgan fingerprint density at radius 1 is 1.21 bits per heavy atom. The molecule has 0 saturated carbocycles. The largest absolute Gasteiger partial charge is 0.495 e. The van der Waals surface area contributed by atoms with E-state index >= 15 is 0 Å². The summed E-state index contributed by atoms with van der Waals surface area (Å²) >= 11 is 7.68. The van der Waals surface area contributed by atoms with E-state index < -0.39 is 10.0 Å². The van der Waals surface area contributed by atoms with Gasteiger partial charge in [0, 0.05) is 35.6 Å². The Morgan fingerprint density at radius 3 is 2.61 bits per heavy atom. The normalized spacial score (nSPS) is 15.4. The average molecular weight is 506 g/mol. The molecule has 1 aliphatic rings. The lowest BCUT2D eigenvalue weighted by Gasteiger charge is -2.30. The number of ether oxygens (including phenoxy) is 1. The highest BCUT2D eigenvalue weighted by molar-refractivity contribution is 7.89. The lowest BCUT2D eigenvalue weighted by molar-refractivity contribution is -0.120. The monoisotopic (exact) mass is 505 g/mol. The van der Waals surface area contributed by atoms with E-state index in [4.69, 9.17) is 16.3 Å². The molecule has 2 aromatic carbocycles. The first-order valence-corrected chi connectivity index (χ1v) is 13.1. The topological polar surface area (TPSA) is 88.6 Å². The fourth-order valence-corrected chi connectivity index (χ4v) is 6.25. The quantitative estimate of drug-likeness (QED) is 0.519. The second-order valence-corrected chi connectivity index (χ2v) is 11.2. The first-order valence-electron chi connectivity index (χ1n) is 10.4. The van der Waals surface area contributed by atoms with Gasteiger partial charge in [0.1, 0.15) is 5.75 Å². The Bertz CT molecular complexity index is 1270. The lowest BCUT2D eigenvalue weighted by atomic mass is 9.97. The molecule has 0 bridgehead atoms. The summed E-state index contributed by atoms with van der Waals surface area (Å²) in [5, 5.41) is 6.18. The maximum Gasteiger partial charge on any atom is 0.243 e. The molecule has 1 N–H and O–H groups in total. The number of methoxy groups -OCH3 is 1. The SMILES string of the molecule is COc1ccc(S(=O)(=O)N2CCC(C(=O)Nc3cccc(-c4csc(C)n4)c3)CC2)cc1Cl. The Kier molecular flexibility index (Phi) is 7.04. The molecule has 7 nitrogen and oxygen atoms in total. The molecule has 1 fully saturated rings. The summed E-state index contributed by atoms with van der Waals surface area (Å²) in [4.78, 5) is 17.4. The van der Waals surface area contributed by atoms with Gasteiger partial charge in [-0.3, -0.25) is 4.79 Å². The molecule has 3 aromatic rings. The summed E-state index contributed by atoms with van der Waals surface area (Å²) < 4.78 is 32.5. The standard InChI is InChI=1S/C23H24ClN3O4S2/c1-15-25-21(14-32-15)17-4-3-5-18(12-17)26-23(28)16-8-10-27(11-9-16)33(29,30)19-6-7-22(31-2)20(24)13-19/h3-7,12-14,16H,8-11H2,1-2H3,(H,26,28). The molecule has 1 aromatic heterocycles. The predicted molar refractivity (Wildman–Crippen MR) is 130 cm³/mol. The first kappa shape index (κ1) is 23.7. The fraction of sp³-hybridized carbons (Fsp3) is 0.304. The van der Waals surface area contributed by atoms with E-state index in [1.54, 1.807) is 11.3 Å². The summed E-state index contributed by atoms with van der Waals surface area (Å²) in [7, 11) is -2.22. The van der Waals surface area contributed by atoms with Crippen molar-refractivity contribution in [1.29, 1.82) is 0 Å². The summed E-state index contributed by atoms with van der Waals surface area (Å²) in [5.74, 6) is 0.0483. The van der Waals surface area contributed by atoms with Gasteiger partial charge in [-0.25, -0.2) is 13.4 Å². The van der Waals surface area contributed by atoms with Crippen LogP contribution in [0.15, 0.2) is 52.7 Å². The Hall–Kier alpha value is -2.46. The summed E-state index contributed by atoms with van der Waals surface area (Å²) in [6, 6.07) is 12.0. The number of amides is 1. The van der Waals surface area contributed by atoms with Crippen molar-refractivity contribution in [2.45, 2.75) is 24.7 Å². The molecule has 2 heterocycles. The van der Waals surface area contributed by atoms with E-state index in [0.717, 1.165) is 16.3 Å². The molecule has 33 heavy (non-hydrogen) atoms. The molecular formula is C23H24ClN3O4S2. The van der Waals surface area contributed by atoms with Crippen LogP contribution in [-0.2, 0) is 14.8 Å². The zero-order chi connectivity index (χ0) is 23.6. The number of aromatic nitrogens is 1. The molecule has 0 spiro atoms. The highest BCUT2D eigenvalue weighted by Crippen LogP contribution is 2.31. The minimum absolute atomic E-state index is 0.105. The van der Waals surface area contributed by atoms with Crippen LogP contribution in [-0.4, -0.2) is 43.8 Å². The number of nitrogens with one attached hydrogen (secondary N) is 1. The number of anilines is 1. The van der Waals surface area contributed by atoms with Gasteiger partial charge in [-0.05, 0) is 50.1 Å². The summed E-state index contributed by atoms with van der Waals surface area (Å²) in [5.41, 5.74) is 2.52. The number of hydrogen-bond donors (Lipinski definition) is 1. The van der Waals surface area contributed by atoms with Gasteiger partial charge in [-0.1, -0.05) is 23.7 Å². The second kappa shape index (κ2) is 9.80. The molecular weight excluding hydrogens is 482 g/mol. The summed E-state index contributed by atoms with van der Waals surface area (Å²) in [6.45, 7) is 2.49. The maximum atomic E-state index is 13.0. The number of sulfonamides is 1. The van der Waals surface area contributed by atoms with Crippen molar-refractivity contribution < 1.29 is 17.9 Å². The molecule has 1 aliphatic heterocycles. The van der Waals surface area contributed by atoms with Crippen molar-refractivity contribution in [1.82, 2.24) is 9.29 Å². The van der Waals surface area contributed by atoms with Gasteiger partial charge in [-0.2, -0.15) is 4.31 Å². The third kappa shape index (κ3) is 5.22. The number of hydrogen-bond acceptors (Lipinski definition) is 6. The van der Waals surface area contributed by atoms with Crippen LogP contribution in [0.4, 0.5) is 5.69 Å². The Labute approximate surface area is 202 Å². The first-order chi connectivity index (χ1) is 15.8. The number of carbonyl (C=O) groups excluding carboxylic acids is 1. The van der Waals surface area contributed by atoms with E-state index in [1.165, 1.54) is 29.6 Å². The number of thiazole rings is 1. The molecule has 4 rings (SSSR count). The van der Waals surface area contributed by atoms with Crippen LogP contribution in [0.1, 0.15) is 17.8 Å². The van der Waals surface area contributed by atoms with Crippen LogP contribution < -0.4 is 10.1 Å². The number of aryl methyl sites for hydroxylation is 1. The van der Waals surface area contributed by atoms with E-state index in [1.807, 2.05) is 36.6 Å². The van der Waals surface area contributed by atoms with Gasteiger partial charge in [0.15, 0.2) is 0 Å². The van der Waals surface area contributed by atoms with Crippen LogP contribution in [0.25, 0.3) is 11.3 Å². The van der Waals surface area contributed by atoms with Gasteiger partial charge >= 0.3 is 0 Å². The number of rotatable bonds is 6. The van der Waals surface area contributed by atoms with Crippen molar-refractivity contribution in [3.63, 3.8) is 0 Å². The fourth-order valence-electron chi connectivity index (χ4n) is 3.81. The third-order valence-electron chi connectivity index (χ3n) is 5.63. The van der Waals surface area contributed by atoms with Crippen molar-refractivity contribution >= 4 is 44.6 Å². The molecule has 174 valence electrons. The number of halogens is 1. The second-order valence-electron chi connectivity index (χ2n) is 7.80. The van der Waals surface area contributed by atoms with Gasteiger partial charge in [-0.15, -0.1) is 11.3 Å².